The molecule has 1 aromatic heterocycles. The van der Waals surface area contributed by atoms with Gasteiger partial charge < -0.3 is 11.1 Å². The number of pyridine rings is 1. The van der Waals surface area contributed by atoms with Gasteiger partial charge in [-0.2, -0.15) is 0 Å². The summed E-state index contributed by atoms with van der Waals surface area (Å²) in [5.74, 6) is 0. The molecule has 0 saturated heterocycles. The van der Waals surface area contributed by atoms with Crippen LogP contribution in [0.15, 0.2) is 60.8 Å². The summed E-state index contributed by atoms with van der Waals surface area (Å²) in [6.45, 7) is 2.63. The minimum atomic E-state index is 0.0939. The van der Waals surface area contributed by atoms with Crippen molar-refractivity contribution in [3.63, 3.8) is 0 Å². The molecule has 0 spiro atoms. The SMILES string of the molecule is Cc1cccc(NC(CN)c2ccc3ncccc3c2)c1. The van der Waals surface area contributed by atoms with Crippen molar-refractivity contribution in [1.82, 2.24) is 4.98 Å². The fourth-order valence-electron chi connectivity index (χ4n) is 2.53. The van der Waals surface area contributed by atoms with E-state index in [0.717, 1.165) is 16.6 Å². The minimum Gasteiger partial charge on any atom is -0.377 e. The topological polar surface area (TPSA) is 50.9 Å². The number of aromatic nitrogens is 1. The summed E-state index contributed by atoms with van der Waals surface area (Å²) < 4.78 is 0. The first-order valence-electron chi connectivity index (χ1n) is 7.14. The molecule has 3 heteroatoms. The summed E-state index contributed by atoms with van der Waals surface area (Å²) in [4.78, 5) is 4.35. The van der Waals surface area contributed by atoms with Crippen LogP contribution >= 0.6 is 0 Å². The molecule has 2 aromatic carbocycles. The van der Waals surface area contributed by atoms with Gasteiger partial charge in [0, 0.05) is 23.8 Å². The second-order valence-electron chi connectivity index (χ2n) is 5.26. The van der Waals surface area contributed by atoms with Gasteiger partial charge in [-0.15, -0.1) is 0 Å². The highest BCUT2D eigenvalue weighted by atomic mass is 14.9. The molecule has 0 saturated carbocycles. The van der Waals surface area contributed by atoms with Gasteiger partial charge in [0.25, 0.3) is 0 Å². The van der Waals surface area contributed by atoms with Crippen LogP contribution in [-0.4, -0.2) is 11.5 Å². The number of nitrogens with two attached hydrogens (primary N) is 1. The predicted molar refractivity (Wildman–Crippen MR) is 88.3 cm³/mol. The number of nitrogens with zero attached hydrogens (tertiary/aromatic N) is 1. The summed E-state index contributed by atoms with van der Waals surface area (Å²) >= 11 is 0. The lowest BCUT2D eigenvalue weighted by Crippen LogP contribution is -2.20. The van der Waals surface area contributed by atoms with E-state index in [1.807, 2.05) is 18.3 Å². The number of rotatable bonds is 4. The quantitative estimate of drug-likeness (QED) is 0.765. The second kappa shape index (κ2) is 5.94. The zero-order valence-corrected chi connectivity index (χ0v) is 12.1. The molecule has 0 aliphatic rings. The first-order valence-corrected chi connectivity index (χ1v) is 7.14. The highest BCUT2D eigenvalue weighted by molar-refractivity contribution is 5.79. The molecule has 0 amide bonds. The third-order valence-electron chi connectivity index (χ3n) is 3.62. The Kier molecular flexibility index (Phi) is 3.84. The molecule has 3 nitrogen and oxygen atoms in total. The summed E-state index contributed by atoms with van der Waals surface area (Å²) in [6.07, 6.45) is 1.81. The van der Waals surface area contributed by atoms with E-state index in [4.69, 9.17) is 5.73 Å². The Morgan fingerprint density at radius 1 is 1.10 bits per heavy atom. The Morgan fingerprint density at radius 3 is 2.81 bits per heavy atom. The highest BCUT2D eigenvalue weighted by Crippen LogP contribution is 2.22. The highest BCUT2D eigenvalue weighted by Gasteiger charge is 2.10. The number of aryl methyl sites for hydroxylation is 1. The first kappa shape index (κ1) is 13.6. The number of nitrogens with one attached hydrogen (secondary N) is 1. The maximum Gasteiger partial charge on any atom is 0.0702 e. The molecule has 3 rings (SSSR count). The number of hydrogen-bond donors (Lipinski definition) is 2. The summed E-state index contributed by atoms with van der Waals surface area (Å²) in [5.41, 5.74) is 10.5. The number of fused-ring (bicyclic) bond motifs is 1. The van der Waals surface area contributed by atoms with Crippen molar-refractivity contribution in [1.29, 1.82) is 0 Å². The first-order chi connectivity index (χ1) is 10.3. The molecule has 3 N–H and O–H groups in total. The van der Waals surface area contributed by atoms with E-state index in [-0.39, 0.29) is 6.04 Å². The van der Waals surface area contributed by atoms with Crippen LogP contribution in [0.4, 0.5) is 5.69 Å². The van der Waals surface area contributed by atoms with E-state index in [2.05, 4.69) is 59.7 Å². The van der Waals surface area contributed by atoms with Crippen LogP contribution in [0.3, 0.4) is 0 Å². The van der Waals surface area contributed by atoms with Gasteiger partial charge >= 0.3 is 0 Å². The lowest BCUT2D eigenvalue weighted by molar-refractivity contribution is 0.791. The third kappa shape index (κ3) is 3.03. The maximum atomic E-state index is 5.96. The van der Waals surface area contributed by atoms with E-state index >= 15 is 0 Å². The molecule has 0 aliphatic heterocycles. The van der Waals surface area contributed by atoms with Gasteiger partial charge in [-0.05, 0) is 48.4 Å². The van der Waals surface area contributed by atoms with Crippen LogP contribution in [-0.2, 0) is 0 Å². The van der Waals surface area contributed by atoms with Gasteiger partial charge in [-0.3, -0.25) is 4.98 Å². The van der Waals surface area contributed by atoms with Crippen LogP contribution < -0.4 is 11.1 Å². The molecule has 0 bridgehead atoms. The average Bonchev–Trinajstić information content (AvgIpc) is 2.52. The van der Waals surface area contributed by atoms with Crippen molar-refractivity contribution < 1.29 is 0 Å². The van der Waals surface area contributed by atoms with Gasteiger partial charge in [-0.25, -0.2) is 0 Å². The van der Waals surface area contributed by atoms with E-state index in [0.29, 0.717) is 6.54 Å². The van der Waals surface area contributed by atoms with Gasteiger partial charge in [0.05, 0.1) is 11.6 Å². The largest absolute Gasteiger partial charge is 0.377 e. The third-order valence-corrected chi connectivity index (χ3v) is 3.62. The van der Waals surface area contributed by atoms with E-state index in [9.17, 15) is 0 Å². The van der Waals surface area contributed by atoms with Crippen LogP contribution in [0.5, 0.6) is 0 Å². The number of benzene rings is 2. The monoisotopic (exact) mass is 277 g/mol. The van der Waals surface area contributed by atoms with Gasteiger partial charge in [0.1, 0.15) is 0 Å². The predicted octanol–water partition coefficient (Wildman–Crippen LogP) is 3.66. The van der Waals surface area contributed by atoms with E-state index in [1.54, 1.807) is 0 Å². The molecule has 1 atom stereocenters. The Morgan fingerprint density at radius 2 is 2.00 bits per heavy atom. The summed E-state index contributed by atoms with van der Waals surface area (Å²) in [6, 6.07) is 18.8. The molecule has 1 heterocycles. The Balaban J connectivity index is 1.90. The number of hydrogen-bond acceptors (Lipinski definition) is 3. The molecule has 0 radical (unpaired) electrons. The average molecular weight is 277 g/mol. The second-order valence-corrected chi connectivity index (χ2v) is 5.26. The van der Waals surface area contributed by atoms with Crippen LogP contribution in [0, 0.1) is 6.92 Å². The molecular formula is C18H19N3. The summed E-state index contributed by atoms with van der Waals surface area (Å²) in [7, 11) is 0. The van der Waals surface area contributed by atoms with Crippen LogP contribution in [0.2, 0.25) is 0 Å². The van der Waals surface area contributed by atoms with Crippen molar-refractivity contribution in [2.75, 3.05) is 11.9 Å². The molecule has 3 aromatic rings. The van der Waals surface area contributed by atoms with Crippen molar-refractivity contribution in [2.24, 2.45) is 5.73 Å². The maximum absolute atomic E-state index is 5.96. The van der Waals surface area contributed by atoms with E-state index < -0.39 is 0 Å². The fourth-order valence-corrected chi connectivity index (χ4v) is 2.53. The fraction of sp³-hybridized carbons (Fsp3) is 0.167. The Labute approximate surface area is 124 Å². The van der Waals surface area contributed by atoms with Crippen LogP contribution in [0.25, 0.3) is 10.9 Å². The molecular weight excluding hydrogens is 258 g/mol. The normalized spacial score (nSPS) is 12.3. The lowest BCUT2D eigenvalue weighted by Gasteiger charge is -2.19. The van der Waals surface area contributed by atoms with Gasteiger partial charge in [-0.1, -0.05) is 24.3 Å². The Bertz CT molecular complexity index is 752. The van der Waals surface area contributed by atoms with E-state index in [1.165, 1.54) is 11.1 Å². The van der Waals surface area contributed by atoms with Crippen molar-refractivity contribution in [3.8, 4) is 0 Å². The molecule has 0 aliphatic carbocycles. The van der Waals surface area contributed by atoms with Crippen molar-refractivity contribution in [3.05, 3.63) is 71.9 Å². The molecule has 21 heavy (non-hydrogen) atoms. The smallest absolute Gasteiger partial charge is 0.0702 e. The zero-order chi connectivity index (χ0) is 14.7. The zero-order valence-electron chi connectivity index (χ0n) is 12.1. The van der Waals surface area contributed by atoms with Gasteiger partial charge in [0.15, 0.2) is 0 Å². The summed E-state index contributed by atoms with van der Waals surface area (Å²) in [5, 5.41) is 4.64. The Hall–Kier alpha value is -2.39. The van der Waals surface area contributed by atoms with Crippen molar-refractivity contribution >= 4 is 16.6 Å². The molecule has 106 valence electrons. The minimum absolute atomic E-state index is 0.0939. The van der Waals surface area contributed by atoms with Crippen LogP contribution in [0.1, 0.15) is 17.2 Å². The molecule has 0 fully saturated rings. The van der Waals surface area contributed by atoms with Crippen molar-refractivity contribution in [2.45, 2.75) is 13.0 Å². The molecule has 1 unspecified atom stereocenters. The van der Waals surface area contributed by atoms with Gasteiger partial charge in [0.2, 0.25) is 0 Å². The number of anilines is 1. The lowest BCUT2D eigenvalue weighted by atomic mass is 10.0. The standard InChI is InChI=1S/C18H19N3/c1-13-4-2-6-16(10-13)21-18(12-19)15-7-8-17-14(11-15)5-3-9-20-17/h2-11,18,21H,12,19H2,1H3.